The number of anilines is 2. The number of nitrogens with zero attached hydrogens (tertiary/aromatic N) is 2. The Hall–Kier alpha value is -1.72. The van der Waals surface area contributed by atoms with Crippen molar-refractivity contribution in [2.75, 3.05) is 30.9 Å². The molecule has 3 aromatic rings. The zero-order valence-electron chi connectivity index (χ0n) is 13.4. The number of hydrogen-bond donors (Lipinski definition) is 1. The first-order chi connectivity index (χ1) is 11.9. The number of halogens is 1. The van der Waals surface area contributed by atoms with Crippen LogP contribution >= 0.6 is 45.3 Å². The number of carbonyl (C=O) groups is 2. The Labute approximate surface area is 166 Å². The van der Waals surface area contributed by atoms with E-state index in [1.807, 2.05) is 37.2 Å². The average Bonchev–Trinajstić information content (AvgIpc) is 3.11. The molecule has 0 unspecified atom stereocenters. The second-order valence-electron chi connectivity index (χ2n) is 5.31. The lowest BCUT2D eigenvalue weighted by Gasteiger charge is -2.06. The number of thiophene rings is 1. The Morgan fingerprint density at radius 2 is 2.08 bits per heavy atom. The summed E-state index contributed by atoms with van der Waals surface area (Å²) in [6, 6.07) is 9.14. The topological polar surface area (TPSA) is 71.5 Å². The van der Waals surface area contributed by atoms with Crippen molar-refractivity contribution in [3.8, 4) is 0 Å². The van der Waals surface area contributed by atoms with Gasteiger partial charge in [-0.05, 0) is 46.9 Å². The van der Waals surface area contributed by atoms with Crippen LogP contribution in [0.2, 0.25) is 0 Å². The Morgan fingerprint density at radius 1 is 1.28 bits per heavy atom. The minimum Gasteiger partial charge on any atom is -0.451 e. The van der Waals surface area contributed by atoms with Crippen LogP contribution in [0.4, 0.5) is 10.8 Å². The summed E-state index contributed by atoms with van der Waals surface area (Å²) < 4.78 is 7.04. The number of amides is 1. The lowest BCUT2D eigenvalue weighted by Crippen LogP contribution is -2.20. The highest BCUT2D eigenvalue weighted by Crippen LogP contribution is 2.34. The summed E-state index contributed by atoms with van der Waals surface area (Å²) in [6.45, 7) is -0.327. The molecule has 1 aromatic carbocycles. The lowest BCUT2D eigenvalue weighted by atomic mass is 10.3. The second-order valence-corrected chi connectivity index (χ2v) is 8.59. The summed E-state index contributed by atoms with van der Waals surface area (Å²) in [5, 5.41) is 3.58. The summed E-state index contributed by atoms with van der Waals surface area (Å²) in [7, 11) is 3.84. The third kappa shape index (κ3) is 4.47. The van der Waals surface area contributed by atoms with Crippen molar-refractivity contribution in [2.24, 2.45) is 0 Å². The molecule has 130 valence electrons. The van der Waals surface area contributed by atoms with E-state index in [1.54, 1.807) is 12.1 Å². The fourth-order valence-corrected chi connectivity index (χ4v) is 4.55. The van der Waals surface area contributed by atoms with Gasteiger partial charge >= 0.3 is 5.97 Å². The van der Waals surface area contributed by atoms with Crippen molar-refractivity contribution in [3.63, 3.8) is 0 Å². The maximum atomic E-state index is 12.1. The van der Waals surface area contributed by atoms with Gasteiger partial charge in [0.25, 0.3) is 5.91 Å². The number of hydrogen-bond acceptors (Lipinski definition) is 7. The number of fused-ring (bicyclic) bond motifs is 1. The molecule has 0 fully saturated rings. The highest BCUT2D eigenvalue weighted by molar-refractivity contribution is 14.1. The van der Waals surface area contributed by atoms with Crippen LogP contribution in [0, 0.1) is 3.57 Å². The molecule has 0 spiro atoms. The van der Waals surface area contributed by atoms with Crippen LogP contribution in [0.25, 0.3) is 9.53 Å². The molecule has 0 aliphatic heterocycles. The van der Waals surface area contributed by atoms with Gasteiger partial charge < -0.3 is 15.0 Å². The number of esters is 1. The normalized spacial score (nSPS) is 10.7. The van der Waals surface area contributed by atoms with Gasteiger partial charge in [0.1, 0.15) is 9.71 Å². The van der Waals surface area contributed by atoms with Gasteiger partial charge in [0.2, 0.25) is 0 Å². The fourth-order valence-electron chi connectivity index (χ4n) is 1.98. The Morgan fingerprint density at radius 3 is 2.76 bits per heavy atom. The fraction of sp³-hybridized carbons (Fsp3) is 0.188. The molecule has 0 aliphatic rings. The maximum absolute atomic E-state index is 12.1. The number of aromatic nitrogens is 1. The Kier molecular flexibility index (Phi) is 5.54. The van der Waals surface area contributed by atoms with Crippen molar-refractivity contribution in [3.05, 3.63) is 38.8 Å². The number of nitrogens with one attached hydrogen (secondary N) is 1. The van der Waals surface area contributed by atoms with Crippen molar-refractivity contribution in [1.29, 1.82) is 0 Å². The predicted octanol–water partition coefficient (Wildman–Crippen LogP) is 3.82. The van der Waals surface area contributed by atoms with E-state index in [1.165, 1.54) is 22.7 Å². The standard InChI is InChI=1S/C16H14IN3O3S2/c1-20(2)16-19-14-11(25-16)7-12(24-14)15(22)23-8-13(21)18-10-5-3-4-9(17)6-10/h3-7H,8H2,1-2H3,(H,18,21). The van der Waals surface area contributed by atoms with Gasteiger partial charge in [0.05, 0.1) is 4.70 Å². The van der Waals surface area contributed by atoms with E-state index in [0.717, 1.165) is 18.2 Å². The summed E-state index contributed by atoms with van der Waals surface area (Å²) in [5.74, 6) is -0.888. The van der Waals surface area contributed by atoms with Crippen LogP contribution < -0.4 is 10.2 Å². The van der Waals surface area contributed by atoms with Gasteiger partial charge in [-0.2, -0.15) is 0 Å². The Bertz CT molecular complexity index is 904. The molecule has 1 N–H and O–H groups in total. The van der Waals surface area contributed by atoms with Crippen molar-refractivity contribution < 1.29 is 14.3 Å². The van der Waals surface area contributed by atoms with Gasteiger partial charge in [-0.3, -0.25) is 4.79 Å². The average molecular weight is 487 g/mol. The highest BCUT2D eigenvalue weighted by atomic mass is 127. The lowest BCUT2D eigenvalue weighted by molar-refractivity contribution is -0.119. The zero-order chi connectivity index (χ0) is 18.0. The number of thiazole rings is 1. The van der Waals surface area contributed by atoms with E-state index in [-0.39, 0.29) is 12.5 Å². The first-order valence-corrected chi connectivity index (χ1v) is 9.94. The molecular formula is C16H14IN3O3S2. The first kappa shape index (κ1) is 18.1. The minimum atomic E-state index is -0.514. The van der Waals surface area contributed by atoms with Gasteiger partial charge in [0.15, 0.2) is 11.7 Å². The van der Waals surface area contributed by atoms with Crippen molar-refractivity contribution in [2.45, 2.75) is 0 Å². The van der Waals surface area contributed by atoms with Crippen molar-refractivity contribution >= 4 is 77.5 Å². The van der Waals surface area contributed by atoms with E-state index >= 15 is 0 Å². The molecule has 0 aliphatic carbocycles. The van der Waals surface area contributed by atoms with Crippen LogP contribution in [0.5, 0.6) is 0 Å². The molecule has 0 atom stereocenters. The molecule has 25 heavy (non-hydrogen) atoms. The highest BCUT2D eigenvalue weighted by Gasteiger charge is 2.17. The minimum absolute atomic E-state index is 0.327. The molecule has 2 heterocycles. The van der Waals surface area contributed by atoms with E-state index in [9.17, 15) is 9.59 Å². The third-order valence-electron chi connectivity index (χ3n) is 3.10. The van der Waals surface area contributed by atoms with E-state index in [2.05, 4.69) is 32.9 Å². The van der Waals surface area contributed by atoms with Gasteiger partial charge in [-0.15, -0.1) is 11.3 Å². The molecule has 2 aromatic heterocycles. The van der Waals surface area contributed by atoms with Crippen LogP contribution in [0.1, 0.15) is 9.67 Å². The monoisotopic (exact) mass is 487 g/mol. The molecule has 0 bridgehead atoms. The second kappa shape index (κ2) is 7.67. The molecule has 3 rings (SSSR count). The van der Waals surface area contributed by atoms with Crippen LogP contribution in [-0.4, -0.2) is 37.6 Å². The maximum Gasteiger partial charge on any atom is 0.348 e. The third-order valence-corrected chi connectivity index (χ3v) is 6.08. The summed E-state index contributed by atoms with van der Waals surface area (Å²) in [6.07, 6.45) is 0. The molecule has 9 heteroatoms. The Balaban J connectivity index is 1.58. The summed E-state index contributed by atoms with van der Waals surface area (Å²) in [4.78, 5) is 31.6. The van der Waals surface area contributed by atoms with Gasteiger partial charge in [0, 0.05) is 23.4 Å². The summed E-state index contributed by atoms with van der Waals surface area (Å²) in [5.41, 5.74) is 0.671. The zero-order valence-corrected chi connectivity index (χ0v) is 17.2. The van der Waals surface area contributed by atoms with E-state index in [0.29, 0.717) is 10.6 Å². The quantitative estimate of drug-likeness (QED) is 0.438. The van der Waals surface area contributed by atoms with Gasteiger partial charge in [-0.1, -0.05) is 17.4 Å². The molecule has 6 nitrogen and oxygen atoms in total. The van der Waals surface area contributed by atoms with E-state index in [4.69, 9.17) is 4.74 Å². The van der Waals surface area contributed by atoms with E-state index < -0.39 is 5.97 Å². The first-order valence-electron chi connectivity index (χ1n) is 7.22. The summed E-state index contributed by atoms with van der Waals surface area (Å²) >= 11 is 4.94. The predicted molar refractivity (Wildman–Crippen MR) is 110 cm³/mol. The largest absolute Gasteiger partial charge is 0.451 e. The number of ether oxygens (including phenoxy) is 1. The van der Waals surface area contributed by atoms with Crippen LogP contribution in [0.3, 0.4) is 0 Å². The van der Waals surface area contributed by atoms with Crippen molar-refractivity contribution in [1.82, 2.24) is 4.98 Å². The molecule has 0 saturated carbocycles. The number of rotatable bonds is 5. The smallest absolute Gasteiger partial charge is 0.348 e. The van der Waals surface area contributed by atoms with Crippen LogP contribution in [-0.2, 0) is 9.53 Å². The molecular weight excluding hydrogens is 473 g/mol. The van der Waals surface area contributed by atoms with Crippen LogP contribution in [0.15, 0.2) is 30.3 Å². The molecule has 0 radical (unpaired) electrons. The molecule has 1 amide bonds. The number of carbonyl (C=O) groups excluding carboxylic acids is 2. The number of benzene rings is 1. The van der Waals surface area contributed by atoms with Gasteiger partial charge in [-0.25, -0.2) is 9.78 Å². The molecule has 0 saturated heterocycles. The SMILES string of the molecule is CN(C)c1nc2sc(C(=O)OCC(=O)Nc3cccc(I)c3)cc2s1.